The third-order valence-corrected chi connectivity index (χ3v) is 3.81. The lowest BCUT2D eigenvalue weighted by Gasteiger charge is -2.39. The molecule has 4 heteroatoms. The maximum Gasteiger partial charge on any atom is 0.257 e. The van der Waals surface area contributed by atoms with Crippen LogP contribution in [0.4, 0.5) is 0 Å². The summed E-state index contributed by atoms with van der Waals surface area (Å²) in [6.07, 6.45) is 3.54. The van der Waals surface area contributed by atoms with E-state index in [2.05, 4.69) is 4.98 Å². The van der Waals surface area contributed by atoms with E-state index in [0.29, 0.717) is 24.6 Å². The van der Waals surface area contributed by atoms with Crippen LogP contribution in [0.1, 0.15) is 27.4 Å². The fourth-order valence-electron chi connectivity index (χ4n) is 2.49. The second-order valence-electron chi connectivity index (χ2n) is 5.16. The third kappa shape index (κ3) is 2.13. The number of phenolic OH excluding ortho intramolecular Hbond substituents is 1. The van der Waals surface area contributed by atoms with Crippen LogP contribution in [0.5, 0.6) is 5.75 Å². The number of aromatic hydroxyl groups is 1. The number of hydrogen-bond acceptors (Lipinski definition) is 3. The van der Waals surface area contributed by atoms with Crippen LogP contribution in [0.25, 0.3) is 0 Å². The topological polar surface area (TPSA) is 53.4 Å². The van der Waals surface area contributed by atoms with Crippen molar-refractivity contribution in [3.05, 3.63) is 59.4 Å². The highest BCUT2D eigenvalue weighted by molar-refractivity contribution is 5.97. The minimum Gasteiger partial charge on any atom is -0.507 e. The maximum atomic E-state index is 12.3. The van der Waals surface area contributed by atoms with Crippen molar-refractivity contribution in [3.63, 3.8) is 0 Å². The molecule has 0 bridgehead atoms. The van der Waals surface area contributed by atoms with Crippen LogP contribution in [-0.2, 0) is 0 Å². The number of para-hydroxylation sites is 1. The van der Waals surface area contributed by atoms with Crippen molar-refractivity contribution in [3.8, 4) is 5.75 Å². The Morgan fingerprint density at radius 1 is 1.25 bits per heavy atom. The van der Waals surface area contributed by atoms with Crippen LogP contribution in [0.3, 0.4) is 0 Å². The largest absolute Gasteiger partial charge is 0.507 e. The molecule has 1 saturated heterocycles. The molecule has 0 aliphatic carbocycles. The predicted molar refractivity (Wildman–Crippen MR) is 75.7 cm³/mol. The van der Waals surface area contributed by atoms with Gasteiger partial charge in [-0.3, -0.25) is 9.78 Å². The van der Waals surface area contributed by atoms with E-state index in [0.717, 1.165) is 5.56 Å². The summed E-state index contributed by atoms with van der Waals surface area (Å²) in [5, 5.41) is 9.96. The van der Waals surface area contributed by atoms with Crippen LogP contribution in [-0.4, -0.2) is 34.0 Å². The smallest absolute Gasteiger partial charge is 0.257 e. The minimum absolute atomic E-state index is 0.0878. The van der Waals surface area contributed by atoms with E-state index in [4.69, 9.17) is 0 Å². The molecule has 1 amide bonds. The second kappa shape index (κ2) is 4.96. The van der Waals surface area contributed by atoms with Gasteiger partial charge in [0.15, 0.2) is 0 Å². The standard InChI is InChI=1S/C16H16N2O2/c1-11-3-2-4-14(15(11)19)16(20)18-9-13(10-18)12-5-7-17-8-6-12/h2-8,13,19H,9-10H2,1H3. The Morgan fingerprint density at radius 3 is 2.65 bits per heavy atom. The Kier molecular flexibility index (Phi) is 3.14. The third-order valence-electron chi connectivity index (χ3n) is 3.81. The number of benzene rings is 1. The second-order valence-corrected chi connectivity index (χ2v) is 5.16. The molecule has 0 unspecified atom stereocenters. The van der Waals surface area contributed by atoms with Gasteiger partial charge in [0.05, 0.1) is 5.56 Å². The van der Waals surface area contributed by atoms with E-state index in [1.807, 2.05) is 12.1 Å². The molecule has 1 aromatic carbocycles. The molecule has 3 rings (SSSR count). The predicted octanol–water partition coefficient (Wildman–Crippen LogP) is 2.34. The quantitative estimate of drug-likeness (QED) is 0.909. The van der Waals surface area contributed by atoms with E-state index >= 15 is 0 Å². The summed E-state index contributed by atoms with van der Waals surface area (Å²) in [4.78, 5) is 18.1. The summed E-state index contributed by atoms with van der Waals surface area (Å²) < 4.78 is 0. The molecule has 2 aromatic rings. The summed E-state index contributed by atoms with van der Waals surface area (Å²) in [7, 11) is 0. The Labute approximate surface area is 117 Å². The first kappa shape index (κ1) is 12.7. The van der Waals surface area contributed by atoms with Crippen LogP contribution in [0.2, 0.25) is 0 Å². The number of likely N-dealkylation sites (tertiary alicyclic amines) is 1. The van der Waals surface area contributed by atoms with Crippen LogP contribution in [0, 0.1) is 6.92 Å². The SMILES string of the molecule is Cc1cccc(C(=O)N2CC(c3ccncc3)C2)c1O. The van der Waals surface area contributed by atoms with Gasteiger partial charge >= 0.3 is 0 Å². The van der Waals surface area contributed by atoms with Gasteiger partial charge in [0.2, 0.25) is 0 Å². The van der Waals surface area contributed by atoms with E-state index in [1.54, 1.807) is 42.4 Å². The lowest BCUT2D eigenvalue weighted by atomic mass is 9.91. The molecule has 0 spiro atoms. The highest BCUT2D eigenvalue weighted by atomic mass is 16.3. The zero-order valence-electron chi connectivity index (χ0n) is 11.3. The van der Waals surface area contributed by atoms with Gasteiger partial charge in [0.25, 0.3) is 5.91 Å². The number of phenols is 1. The van der Waals surface area contributed by atoms with Gasteiger partial charge in [-0.2, -0.15) is 0 Å². The number of nitrogens with zero attached hydrogens (tertiary/aromatic N) is 2. The van der Waals surface area contributed by atoms with Gasteiger partial charge in [-0.25, -0.2) is 0 Å². The number of amides is 1. The van der Waals surface area contributed by atoms with Gasteiger partial charge in [0.1, 0.15) is 5.75 Å². The zero-order valence-corrected chi connectivity index (χ0v) is 11.3. The Hall–Kier alpha value is -2.36. The summed E-state index contributed by atoms with van der Waals surface area (Å²) in [5.41, 5.74) is 2.32. The number of carbonyl (C=O) groups excluding carboxylic acids is 1. The molecule has 1 aliphatic rings. The van der Waals surface area contributed by atoms with Crippen LogP contribution < -0.4 is 0 Å². The first-order valence-corrected chi connectivity index (χ1v) is 6.64. The number of rotatable bonds is 2. The van der Waals surface area contributed by atoms with Crippen molar-refractivity contribution >= 4 is 5.91 Å². The summed E-state index contributed by atoms with van der Waals surface area (Å²) in [6.45, 7) is 3.18. The molecule has 2 heterocycles. The van der Waals surface area contributed by atoms with Gasteiger partial charge in [-0.15, -0.1) is 0 Å². The van der Waals surface area contributed by atoms with Gasteiger partial charge in [-0.1, -0.05) is 12.1 Å². The highest BCUT2D eigenvalue weighted by Gasteiger charge is 2.33. The van der Waals surface area contributed by atoms with E-state index in [-0.39, 0.29) is 11.7 Å². The molecule has 1 aromatic heterocycles. The Balaban J connectivity index is 1.71. The van der Waals surface area contributed by atoms with E-state index in [1.165, 1.54) is 5.56 Å². The summed E-state index contributed by atoms with van der Waals surface area (Å²) in [5.74, 6) is 0.357. The highest BCUT2D eigenvalue weighted by Crippen LogP contribution is 2.30. The maximum absolute atomic E-state index is 12.3. The number of pyridine rings is 1. The fourth-order valence-corrected chi connectivity index (χ4v) is 2.49. The minimum atomic E-state index is -0.100. The molecule has 1 N–H and O–H groups in total. The molecule has 1 aliphatic heterocycles. The fraction of sp³-hybridized carbons (Fsp3) is 0.250. The van der Waals surface area contributed by atoms with Gasteiger partial charge in [0, 0.05) is 31.4 Å². The molecule has 0 atom stereocenters. The van der Waals surface area contributed by atoms with Crippen molar-refractivity contribution in [2.75, 3.05) is 13.1 Å². The molecular weight excluding hydrogens is 252 g/mol. The first-order valence-electron chi connectivity index (χ1n) is 6.64. The molecule has 0 saturated carbocycles. The molecule has 4 nitrogen and oxygen atoms in total. The van der Waals surface area contributed by atoms with Gasteiger partial charge in [-0.05, 0) is 36.2 Å². The molecule has 102 valence electrons. The van der Waals surface area contributed by atoms with E-state index in [9.17, 15) is 9.90 Å². The normalized spacial score (nSPS) is 14.9. The molecule has 0 radical (unpaired) electrons. The molecule has 1 fully saturated rings. The lowest BCUT2D eigenvalue weighted by Crippen LogP contribution is -2.48. The monoisotopic (exact) mass is 268 g/mol. The average Bonchev–Trinajstić information content (AvgIpc) is 2.41. The summed E-state index contributed by atoms with van der Waals surface area (Å²) >= 11 is 0. The molecule has 20 heavy (non-hydrogen) atoms. The zero-order chi connectivity index (χ0) is 14.1. The number of hydrogen-bond donors (Lipinski definition) is 1. The lowest BCUT2D eigenvalue weighted by molar-refractivity contribution is 0.0599. The first-order chi connectivity index (χ1) is 9.66. The number of carbonyl (C=O) groups is 1. The van der Waals surface area contributed by atoms with Gasteiger partial charge < -0.3 is 10.0 Å². The molecular formula is C16H16N2O2. The summed E-state index contributed by atoms with van der Waals surface area (Å²) in [6, 6.07) is 9.22. The van der Waals surface area contributed by atoms with Crippen molar-refractivity contribution in [1.82, 2.24) is 9.88 Å². The van der Waals surface area contributed by atoms with E-state index < -0.39 is 0 Å². The van der Waals surface area contributed by atoms with Crippen molar-refractivity contribution in [2.24, 2.45) is 0 Å². The number of aryl methyl sites for hydroxylation is 1. The van der Waals surface area contributed by atoms with Crippen LogP contribution in [0.15, 0.2) is 42.7 Å². The van der Waals surface area contributed by atoms with Crippen molar-refractivity contribution in [1.29, 1.82) is 0 Å². The number of aromatic nitrogens is 1. The van der Waals surface area contributed by atoms with Crippen molar-refractivity contribution < 1.29 is 9.90 Å². The Morgan fingerprint density at radius 2 is 1.95 bits per heavy atom. The van der Waals surface area contributed by atoms with Crippen molar-refractivity contribution in [2.45, 2.75) is 12.8 Å². The Bertz CT molecular complexity index is 634. The average molecular weight is 268 g/mol. The van der Waals surface area contributed by atoms with Crippen LogP contribution >= 0.6 is 0 Å².